The van der Waals surface area contributed by atoms with Gasteiger partial charge in [0.1, 0.15) is 0 Å². The minimum absolute atomic E-state index is 0.153. The van der Waals surface area contributed by atoms with E-state index in [0.29, 0.717) is 17.9 Å². The monoisotopic (exact) mass is 245 g/mol. The molecule has 1 amide bonds. The van der Waals surface area contributed by atoms with Crippen LogP contribution in [0.4, 0.5) is 17.1 Å². The first-order chi connectivity index (χ1) is 8.69. The number of carbonyl (C=O) groups excluding carboxylic acids is 1. The Morgan fingerprint density at radius 2 is 2.33 bits per heavy atom. The molecule has 94 valence electrons. The number of rotatable bonds is 4. The lowest BCUT2D eigenvalue weighted by Crippen LogP contribution is -2.33. The topological polar surface area (TPSA) is 54.7 Å². The Bertz CT molecular complexity index is 489. The van der Waals surface area contributed by atoms with Crippen LogP contribution in [0.25, 0.3) is 4.85 Å². The third-order valence-electron chi connectivity index (χ3n) is 2.76. The highest BCUT2D eigenvalue weighted by Crippen LogP contribution is 2.28. The number of benzene rings is 1. The van der Waals surface area contributed by atoms with Gasteiger partial charge in [0.2, 0.25) is 5.91 Å². The van der Waals surface area contributed by atoms with Crippen molar-refractivity contribution in [2.75, 3.05) is 23.8 Å². The maximum atomic E-state index is 11.1. The second kappa shape index (κ2) is 5.52. The Morgan fingerprint density at radius 3 is 2.89 bits per heavy atom. The molecule has 1 aromatic rings. The largest absolute Gasteiger partial charge is 0.381 e. The van der Waals surface area contributed by atoms with E-state index in [1.54, 1.807) is 18.2 Å². The first-order valence-electron chi connectivity index (χ1n) is 5.83. The van der Waals surface area contributed by atoms with Crippen LogP contribution in [0.2, 0.25) is 0 Å². The number of carbonyl (C=O) groups is 1. The van der Waals surface area contributed by atoms with Gasteiger partial charge in [0.15, 0.2) is 5.69 Å². The molecule has 0 bridgehead atoms. The molecule has 1 aliphatic rings. The Labute approximate surface area is 106 Å². The fourth-order valence-corrected chi connectivity index (χ4v) is 1.72. The molecule has 0 saturated carbocycles. The van der Waals surface area contributed by atoms with Crippen LogP contribution in [0.1, 0.15) is 13.3 Å². The predicted octanol–water partition coefficient (Wildman–Crippen LogP) is 2.40. The van der Waals surface area contributed by atoms with Gasteiger partial charge in [-0.05, 0) is 18.6 Å². The number of anilines is 2. The summed E-state index contributed by atoms with van der Waals surface area (Å²) in [4.78, 5) is 14.5. The Kier molecular flexibility index (Phi) is 3.80. The number of nitrogens with zero attached hydrogens (tertiary/aromatic N) is 1. The summed E-state index contributed by atoms with van der Waals surface area (Å²) in [7, 11) is 0. The van der Waals surface area contributed by atoms with Crippen molar-refractivity contribution in [2.45, 2.75) is 19.4 Å². The molecule has 18 heavy (non-hydrogen) atoms. The molecular formula is C13H15N3O2. The maximum absolute atomic E-state index is 11.1. The number of amides is 1. The first kappa shape index (κ1) is 12.4. The van der Waals surface area contributed by atoms with Gasteiger partial charge in [0, 0.05) is 20.1 Å². The average Bonchev–Trinajstić information content (AvgIpc) is 2.28. The highest BCUT2D eigenvalue weighted by Gasteiger charge is 2.18. The molecule has 0 radical (unpaired) electrons. The van der Waals surface area contributed by atoms with E-state index in [-0.39, 0.29) is 12.0 Å². The number of hydrogen-bond acceptors (Lipinski definition) is 3. The Balaban J connectivity index is 2.10. The zero-order chi connectivity index (χ0) is 13.0. The highest BCUT2D eigenvalue weighted by molar-refractivity contribution is 5.93. The van der Waals surface area contributed by atoms with Crippen LogP contribution in [0.5, 0.6) is 0 Å². The van der Waals surface area contributed by atoms with Crippen LogP contribution in [0, 0.1) is 6.57 Å². The van der Waals surface area contributed by atoms with Gasteiger partial charge in [-0.25, -0.2) is 4.85 Å². The highest BCUT2D eigenvalue weighted by atomic mass is 16.5. The van der Waals surface area contributed by atoms with Crippen molar-refractivity contribution < 1.29 is 9.53 Å². The first-order valence-corrected chi connectivity index (χ1v) is 5.83. The van der Waals surface area contributed by atoms with Gasteiger partial charge in [-0.3, -0.25) is 4.79 Å². The summed E-state index contributed by atoms with van der Waals surface area (Å²) in [6.07, 6.45) is 1.30. The number of hydrogen-bond donors (Lipinski definition) is 2. The molecule has 1 atom stereocenters. The fourth-order valence-electron chi connectivity index (χ4n) is 1.72. The molecule has 0 aromatic heterocycles. The van der Waals surface area contributed by atoms with E-state index in [2.05, 4.69) is 15.5 Å². The smallest absolute Gasteiger partial charge is 0.221 e. The minimum Gasteiger partial charge on any atom is -0.381 e. The van der Waals surface area contributed by atoms with Crippen molar-refractivity contribution in [3.05, 3.63) is 29.6 Å². The zero-order valence-electron chi connectivity index (χ0n) is 10.2. The van der Waals surface area contributed by atoms with Crippen LogP contribution < -0.4 is 10.6 Å². The number of nitrogens with one attached hydrogen (secondary N) is 2. The van der Waals surface area contributed by atoms with Crippen LogP contribution in [-0.4, -0.2) is 25.2 Å². The summed E-state index contributed by atoms with van der Waals surface area (Å²) in [6, 6.07) is 5.19. The normalized spacial score (nSPS) is 17.4. The van der Waals surface area contributed by atoms with Gasteiger partial charge in [-0.1, -0.05) is 6.07 Å². The van der Waals surface area contributed by atoms with Crippen molar-refractivity contribution >= 4 is 23.0 Å². The van der Waals surface area contributed by atoms with Crippen molar-refractivity contribution in [3.8, 4) is 0 Å². The summed E-state index contributed by atoms with van der Waals surface area (Å²) >= 11 is 0. The molecule has 1 heterocycles. The zero-order valence-corrected chi connectivity index (χ0v) is 10.2. The van der Waals surface area contributed by atoms with Crippen LogP contribution in [0.3, 0.4) is 0 Å². The molecule has 2 N–H and O–H groups in total. The second-order valence-electron chi connectivity index (χ2n) is 4.19. The summed E-state index contributed by atoms with van der Waals surface area (Å²) in [6.45, 7) is 9.96. The lowest BCUT2D eigenvalue weighted by atomic mass is 10.1. The average molecular weight is 245 g/mol. The summed E-state index contributed by atoms with van der Waals surface area (Å²) in [5.74, 6) is -0.153. The molecule has 1 fully saturated rings. The van der Waals surface area contributed by atoms with E-state index in [1.807, 2.05) is 0 Å². The molecule has 0 aliphatic carbocycles. The van der Waals surface area contributed by atoms with E-state index in [4.69, 9.17) is 11.3 Å². The molecule has 2 rings (SSSR count). The van der Waals surface area contributed by atoms with E-state index in [9.17, 15) is 4.79 Å². The van der Waals surface area contributed by atoms with Crippen molar-refractivity contribution in [1.82, 2.24) is 0 Å². The van der Waals surface area contributed by atoms with Gasteiger partial charge in [-0.2, -0.15) is 0 Å². The SMILES string of the molecule is [C-]#[N+]c1ccc(NCC2CCO2)c(NC(C)=O)c1. The Morgan fingerprint density at radius 1 is 1.56 bits per heavy atom. The lowest BCUT2D eigenvalue weighted by Gasteiger charge is -2.27. The van der Waals surface area contributed by atoms with Crippen molar-refractivity contribution in [2.24, 2.45) is 0 Å². The van der Waals surface area contributed by atoms with Gasteiger partial charge in [0.05, 0.1) is 24.1 Å². The molecule has 1 saturated heterocycles. The molecule has 1 unspecified atom stereocenters. The predicted molar refractivity (Wildman–Crippen MR) is 69.9 cm³/mol. The molecule has 1 aromatic carbocycles. The third-order valence-corrected chi connectivity index (χ3v) is 2.76. The van der Waals surface area contributed by atoms with Crippen molar-refractivity contribution in [1.29, 1.82) is 0 Å². The quantitative estimate of drug-likeness (QED) is 0.801. The molecule has 0 spiro atoms. The van der Waals surface area contributed by atoms with E-state index in [1.165, 1.54) is 6.92 Å². The third kappa shape index (κ3) is 2.99. The van der Waals surface area contributed by atoms with Gasteiger partial charge in [0.25, 0.3) is 0 Å². The van der Waals surface area contributed by atoms with E-state index in [0.717, 1.165) is 18.7 Å². The summed E-state index contributed by atoms with van der Waals surface area (Å²) in [5.41, 5.74) is 1.95. The molecular weight excluding hydrogens is 230 g/mol. The van der Waals surface area contributed by atoms with E-state index >= 15 is 0 Å². The van der Waals surface area contributed by atoms with Gasteiger partial charge in [-0.15, -0.1) is 0 Å². The lowest BCUT2D eigenvalue weighted by molar-refractivity contribution is -0.114. The van der Waals surface area contributed by atoms with Crippen LogP contribution >= 0.6 is 0 Å². The van der Waals surface area contributed by atoms with Gasteiger partial charge < -0.3 is 15.4 Å². The fraction of sp³-hybridized carbons (Fsp3) is 0.385. The van der Waals surface area contributed by atoms with Crippen molar-refractivity contribution in [3.63, 3.8) is 0 Å². The second-order valence-corrected chi connectivity index (χ2v) is 4.19. The molecule has 5 nitrogen and oxygen atoms in total. The van der Waals surface area contributed by atoms with Gasteiger partial charge >= 0.3 is 0 Å². The maximum Gasteiger partial charge on any atom is 0.221 e. The number of ether oxygens (including phenoxy) is 1. The molecule has 1 aliphatic heterocycles. The Hall–Kier alpha value is -2.06. The summed E-state index contributed by atoms with van der Waals surface area (Å²) < 4.78 is 5.32. The summed E-state index contributed by atoms with van der Waals surface area (Å²) in [5, 5.41) is 5.95. The standard InChI is InChI=1S/C13H15N3O2/c1-9(17)16-13-7-10(14-2)3-4-12(13)15-8-11-5-6-18-11/h3-4,7,11,15H,5-6,8H2,1H3,(H,16,17). The van der Waals surface area contributed by atoms with E-state index < -0.39 is 0 Å². The van der Waals surface area contributed by atoms with Crippen LogP contribution in [0.15, 0.2) is 18.2 Å². The van der Waals surface area contributed by atoms with Crippen LogP contribution in [-0.2, 0) is 9.53 Å². The molecule has 5 heteroatoms. The minimum atomic E-state index is -0.153.